The van der Waals surface area contributed by atoms with Crippen LogP contribution in [0.1, 0.15) is 35.5 Å². The summed E-state index contributed by atoms with van der Waals surface area (Å²) in [6.07, 6.45) is 0. The van der Waals surface area contributed by atoms with Crippen LogP contribution in [0.5, 0.6) is 5.75 Å². The maximum Gasteiger partial charge on any atom is 0.123 e. The lowest BCUT2D eigenvalue weighted by atomic mass is 10.1. The van der Waals surface area contributed by atoms with E-state index in [1.807, 2.05) is 20.8 Å². The van der Waals surface area contributed by atoms with Gasteiger partial charge in [0.25, 0.3) is 0 Å². The van der Waals surface area contributed by atoms with E-state index < -0.39 is 0 Å². The van der Waals surface area contributed by atoms with E-state index in [2.05, 4.69) is 10.4 Å². The zero-order valence-corrected chi connectivity index (χ0v) is 14.1. The summed E-state index contributed by atoms with van der Waals surface area (Å²) in [4.78, 5) is 0. The van der Waals surface area contributed by atoms with Crippen molar-refractivity contribution in [2.45, 2.75) is 39.9 Å². The first-order chi connectivity index (χ1) is 11.0. The number of hydrogen-bond donors (Lipinski definition) is 2. The standard InChI is InChI=1S/C17H24FN3O2/c1-11(15-9-14(18)5-6-17(15)23-4)19-10-16-12(2)20-21(7-8-22)13(16)3/h5-6,9,11,19,22H,7-8,10H2,1-4H3/t11-/m1/s1. The SMILES string of the molecule is COc1ccc(F)cc1[C@@H](C)NCc1c(C)nn(CCO)c1C. The van der Waals surface area contributed by atoms with E-state index in [-0.39, 0.29) is 18.5 Å². The van der Waals surface area contributed by atoms with Crippen molar-refractivity contribution >= 4 is 0 Å². The van der Waals surface area contributed by atoms with E-state index in [4.69, 9.17) is 9.84 Å². The van der Waals surface area contributed by atoms with Gasteiger partial charge in [-0.25, -0.2) is 4.39 Å². The molecule has 6 heteroatoms. The third-order valence-corrected chi connectivity index (χ3v) is 4.09. The van der Waals surface area contributed by atoms with Crippen molar-refractivity contribution in [3.05, 3.63) is 46.5 Å². The van der Waals surface area contributed by atoms with Crippen LogP contribution in [0.4, 0.5) is 4.39 Å². The molecule has 2 rings (SSSR count). The lowest BCUT2D eigenvalue weighted by Gasteiger charge is -2.17. The zero-order chi connectivity index (χ0) is 17.0. The number of aryl methyl sites for hydroxylation is 1. The van der Waals surface area contributed by atoms with Crippen molar-refractivity contribution in [1.82, 2.24) is 15.1 Å². The Hall–Kier alpha value is -1.92. The molecular formula is C17H24FN3O2. The largest absolute Gasteiger partial charge is 0.496 e. The molecule has 0 saturated heterocycles. The number of nitrogens with zero attached hydrogens (tertiary/aromatic N) is 2. The van der Waals surface area contributed by atoms with Crippen LogP contribution in [0.15, 0.2) is 18.2 Å². The van der Waals surface area contributed by atoms with Crippen molar-refractivity contribution in [1.29, 1.82) is 0 Å². The second-order valence-corrected chi connectivity index (χ2v) is 5.58. The van der Waals surface area contributed by atoms with Gasteiger partial charge in [-0.2, -0.15) is 5.10 Å². The first-order valence-electron chi connectivity index (χ1n) is 7.68. The fourth-order valence-corrected chi connectivity index (χ4v) is 2.71. The maximum absolute atomic E-state index is 13.5. The molecule has 1 atom stereocenters. The van der Waals surface area contributed by atoms with Gasteiger partial charge in [-0.3, -0.25) is 4.68 Å². The molecule has 0 saturated carbocycles. The van der Waals surface area contributed by atoms with Crippen LogP contribution >= 0.6 is 0 Å². The third kappa shape index (κ3) is 3.89. The first-order valence-corrected chi connectivity index (χ1v) is 7.68. The smallest absolute Gasteiger partial charge is 0.123 e. The predicted molar refractivity (Wildman–Crippen MR) is 87.0 cm³/mol. The number of aliphatic hydroxyl groups excluding tert-OH is 1. The molecule has 23 heavy (non-hydrogen) atoms. The fraction of sp³-hybridized carbons (Fsp3) is 0.471. The molecule has 1 aromatic carbocycles. The van der Waals surface area contributed by atoms with Gasteiger partial charge in [0.1, 0.15) is 11.6 Å². The second kappa shape index (κ2) is 7.57. The van der Waals surface area contributed by atoms with Crippen LogP contribution in [0, 0.1) is 19.7 Å². The molecule has 0 bridgehead atoms. The van der Waals surface area contributed by atoms with Crippen LogP contribution < -0.4 is 10.1 Å². The van der Waals surface area contributed by atoms with Gasteiger partial charge < -0.3 is 15.2 Å². The van der Waals surface area contributed by atoms with Gasteiger partial charge in [-0.1, -0.05) is 0 Å². The number of hydrogen-bond acceptors (Lipinski definition) is 4. The highest BCUT2D eigenvalue weighted by atomic mass is 19.1. The van der Waals surface area contributed by atoms with Crippen molar-refractivity contribution in [2.75, 3.05) is 13.7 Å². The molecule has 0 radical (unpaired) electrons. The fourth-order valence-electron chi connectivity index (χ4n) is 2.71. The molecule has 0 unspecified atom stereocenters. The number of aliphatic hydroxyl groups is 1. The zero-order valence-electron chi connectivity index (χ0n) is 14.1. The van der Waals surface area contributed by atoms with Gasteiger partial charge in [-0.05, 0) is 39.0 Å². The Morgan fingerprint density at radius 3 is 2.78 bits per heavy atom. The number of rotatable bonds is 7. The summed E-state index contributed by atoms with van der Waals surface area (Å²) in [5.41, 5.74) is 3.84. The molecule has 1 heterocycles. The van der Waals surface area contributed by atoms with Crippen LogP contribution in [0.2, 0.25) is 0 Å². The summed E-state index contributed by atoms with van der Waals surface area (Å²) in [6.45, 7) is 7.07. The molecule has 0 fully saturated rings. The predicted octanol–water partition coefficient (Wildman–Crippen LogP) is 2.49. The van der Waals surface area contributed by atoms with Crippen molar-refractivity contribution < 1.29 is 14.2 Å². The lowest BCUT2D eigenvalue weighted by Crippen LogP contribution is -2.20. The van der Waals surface area contributed by atoms with Crippen molar-refractivity contribution in [3.8, 4) is 5.75 Å². The Bertz CT molecular complexity index is 670. The minimum Gasteiger partial charge on any atom is -0.496 e. The van der Waals surface area contributed by atoms with Gasteiger partial charge in [0.05, 0.1) is 26.0 Å². The molecule has 0 aliphatic heterocycles. The molecule has 126 valence electrons. The Morgan fingerprint density at radius 1 is 1.39 bits per heavy atom. The highest BCUT2D eigenvalue weighted by molar-refractivity contribution is 5.36. The van der Waals surface area contributed by atoms with Gasteiger partial charge in [-0.15, -0.1) is 0 Å². The highest BCUT2D eigenvalue weighted by Crippen LogP contribution is 2.26. The number of benzene rings is 1. The van der Waals surface area contributed by atoms with E-state index in [1.165, 1.54) is 12.1 Å². The number of nitrogens with one attached hydrogen (secondary N) is 1. The molecule has 0 spiro atoms. The van der Waals surface area contributed by atoms with Gasteiger partial charge in [0.15, 0.2) is 0 Å². The topological polar surface area (TPSA) is 59.3 Å². The Kier molecular flexibility index (Phi) is 5.74. The number of ether oxygens (including phenoxy) is 1. The molecule has 0 amide bonds. The summed E-state index contributed by atoms with van der Waals surface area (Å²) in [6, 6.07) is 4.45. The number of methoxy groups -OCH3 is 1. The van der Waals surface area contributed by atoms with Gasteiger partial charge in [0.2, 0.25) is 0 Å². The Balaban J connectivity index is 2.13. The molecule has 2 aromatic rings. The second-order valence-electron chi connectivity index (χ2n) is 5.58. The summed E-state index contributed by atoms with van der Waals surface area (Å²) < 4.78 is 20.6. The van der Waals surface area contributed by atoms with Gasteiger partial charge in [0, 0.05) is 29.4 Å². The maximum atomic E-state index is 13.5. The van der Waals surface area contributed by atoms with Crippen LogP contribution in [0.25, 0.3) is 0 Å². The molecule has 2 N–H and O–H groups in total. The average Bonchev–Trinajstić information content (AvgIpc) is 2.79. The third-order valence-electron chi connectivity index (χ3n) is 4.09. The minimum absolute atomic E-state index is 0.0612. The molecule has 0 aliphatic carbocycles. The van der Waals surface area contributed by atoms with E-state index in [1.54, 1.807) is 17.9 Å². The van der Waals surface area contributed by atoms with Crippen molar-refractivity contribution in [3.63, 3.8) is 0 Å². The van der Waals surface area contributed by atoms with E-state index in [0.29, 0.717) is 18.8 Å². The molecule has 5 nitrogen and oxygen atoms in total. The number of aromatic nitrogens is 2. The van der Waals surface area contributed by atoms with Crippen molar-refractivity contribution in [2.24, 2.45) is 0 Å². The summed E-state index contributed by atoms with van der Waals surface area (Å²) in [5.74, 6) is 0.383. The van der Waals surface area contributed by atoms with Crippen LogP contribution in [-0.2, 0) is 13.1 Å². The quantitative estimate of drug-likeness (QED) is 0.822. The summed E-state index contributed by atoms with van der Waals surface area (Å²) >= 11 is 0. The normalized spacial score (nSPS) is 12.4. The Labute approximate surface area is 136 Å². The number of halogens is 1. The van der Waals surface area contributed by atoms with E-state index >= 15 is 0 Å². The molecule has 1 aromatic heterocycles. The van der Waals surface area contributed by atoms with Crippen LogP contribution in [0.3, 0.4) is 0 Å². The first kappa shape index (κ1) is 17.4. The summed E-state index contributed by atoms with van der Waals surface area (Å²) in [5, 5.41) is 16.9. The van der Waals surface area contributed by atoms with Gasteiger partial charge >= 0.3 is 0 Å². The van der Waals surface area contributed by atoms with E-state index in [0.717, 1.165) is 22.5 Å². The monoisotopic (exact) mass is 321 g/mol. The average molecular weight is 321 g/mol. The lowest BCUT2D eigenvalue weighted by molar-refractivity contribution is 0.267. The van der Waals surface area contributed by atoms with Crippen LogP contribution in [-0.4, -0.2) is 28.6 Å². The Morgan fingerprint density at radius 2 is 2.13 bits per heavy atom. The molecule has 0 aliphatic rings. The molecular weight excluding hydrogens is 297 g/mol. The van der Waals surface area contributed by atoms with E-state index in [9.17, 15) is 4.39 Å². The highest BCUT2D eigenvalue weighted by Gasteiger charge is 2.15. The summed E-state index contributed by atoms with van der Waals surface area (Å²) in [7, 11) is 1.58. The minimum atomic E-state index is -0.280.